The molecule has 0 saturated carbocycles. The number of unbranched alkanes of at least 4 members (excludes halogenated alkanes) is 64. The first-order valence-electron chi connectivity index (χ1n) is 50.1. The fourth-order valence-corrected chi connectivity index (χ4v) is 16.8. The SMILES string of the molecule is CCCCCCCCCCCC/C=C/CCCCCCCCOC(=O)c1cccc(S(=O)(=O)[O-])c1C(=O)OCCCCCCCC/C=C/CCCCCCCCCCCC.CCCCCCCCCCCC/C=C/CCCCCCCCOC(=O)c1cccc(S(=O)(=O)[O-])c1C(=O)OCCCCCCCC/C=C/CCCCCCCCCCCC.[Ca+2]. The van der Waals surface area contributed by atoms with Crippen LogP contribution in [-0.2, 0) is 39.2 Å². The molecule has 0 spiro atoms. The molecule has 0 fully saturated rings. The fraction of sp³-hybridized carbons (Fsp3) is 0.769. The average molecular weight is 1760 g/mol. The van der Waals surface area contributed by atoms with Gasteiger partial charge in [-0.3, -0.25) is 0 Å². The molecule has 0 N–H and O–H groups in total. The first-order valence-corrected chi connectivity index (χ1v) is 52.9. The summed E-state index contributed by atoms with van der Waals surface area (Å²) in [5, 5.41) is 0. The summed E-state index contributed by atoms with van der Waals surface area (Å²) in [6, 6.07) is 7.26. The first-order chi connectivity index (χ1) is 58.6. The molecule has 2 rings (SSSR count). The largest absolute Gasteiger partial charge is 2.00 e. The predicted octanol–water partition coefficient (Wildman–Crippen LogP) is 31.8. The molecule has 0 aliphatic carbocycles. The minimum absolute atomic E-state index is 0. The Morgan fingerprint density at radius 3 is 0.545 bits per heavy atom. The predicted molar refractivity (Wildman–Crippen MR) is 507 cm³/mol. The molecule has 0 atom stereocenters. The van der Waals surface area contributed by atoms with E-state index in [9.17, 15) is 45.1 Å². The maximum Gasteiger partial charge on any atom is 2.00 e. The number of rotatable bonds is 86. The van der Waals surface area contributed by atoms with Crippen LogP contribution in [-0.4, -0.2) is 114 Å². The molecule has 17 heteroatoms. The van der Waals surface area contributed by atoms with E-state index >= 15 is 0 Å². The van der Waals surface area contributed by atoms with E-state index < -0.39 is 65.0 Å². The topological polar surface area (TPSA) is 220 Å². The van der Waals surface area contributed by atoms with Crippen molar-refractivity contribution in [2.45, 2.75) is 500 Å². The number of hydrogen-bond donors (Lipinski definition) is 0. The molecular weight excluding hydrogens is 1580 g/mol. The summed E-state index contributed by atoms with van der Waals surface area (Å²) in [7, 11) is -10.0. The first kappa shape index (κ1) is 117. The molecule has 2 aromatic carbocycles. The van der Waals surface area contributed by atoms with E-state index in [4.69, 9.17) is 18.9 Å². The van der Waals surface area contributed by atoms with Gasteiger partial charge in [0.2, 0.25) is 0 Å². The summed E-state index contributed by atoms with van der Waals surface area (Å²) in [5.41, 5.74) is -1.57. The number of carbonyl (C=O) groups is 4. The summed E-state index contributed by atoms with van der Waals surface area (Å²) >= 11 is 0. The normalized spacial score (nSPS) is 11.8. The van der Waals surface area contributed by atoms with Crippen molar-refractivity contribution >= 4 is 81.9 Å². The summed E-state index contributed by atoms with van der Waals surface area (Å²) in [6.07, 6.45) is 107. The van der Waals surface area contributed by atoms with E-state index in [0.29, 0.717) is 25.7 Å². The molecule has 14 nitrogen and oxygen atoms in total. The van der Waals surface area contributed by atoms with Crippen molar-refractivity contribution in [2.75, 3.05) is 26.4 Å². The number of carbonyl (C=O) groups excluding carboxylic acids is 4. The monoisotopic (exact) mass is 1760 g/mol. The maximum absolute atomic E-state index is 13.1. The summed E-state index contributed by atoms with van der Waals surface area (Å²) in [6.45, 7) is 9.54. The van der Waals surface area contributed by atoms with Gasteiger partial charge in [-0.15, -0.1) is 0 Å². The van der Waals surface area contributed by atoms with Gasteiger partial charge in [0, 0.05) is 0 Å². The molecule has 0 heterocycles. The number of allylic oxidation sites excluding steroid dienone is 8. The van der Waals surface area contributed by atoms with Gasteiger partial charge in [-0.05, 0) is 153 Å². The molecule has 692 valence electrons. The molecule has 0 aliphatic rings. The van der Waals surface area contributed by atoms with Crippen LogP contribution in [0.5, 0.6) is 0 Å². The molecule has 0 radical (unpaired) electrons. The number of hydrogen-bond acceptors (Lipinski definition) is 14. The van der Waals surface area contributed by atoms with Gasteiger partial charge in [0.1, 0.15) is 20.2 Å². The Balaban J connectivity index is 0.00000236. The fourth-order valence-electron chi connectivity index (χ4n) is 15.4. The molecular formula is C104H178CaO14S2. The van der Waals surface area contributed by atoms with Gasteiger partial charge in [-0.2, -0.15) is 0 Å². The van der Waals surface area contributed by atoms with Gasteiger partial charge < -0.3 is 28.1 Å². The number of esters is 4. The van der Waals surface area contributed by atoms with Crippen LogP contribution in [0.4, 0.5) is 0 Å². The summed E-state index contributed by atoms with van der Waals surface area (Å²) < 4.78 is 93.8. The standard InChI is InChI=1S/2C52H90O7S.Ca/c2*1-3-5-7-9-11-13-15-17-19-21-23-25-27-29-31-33-35-37-39-41-46-58-51(53)48-44-43-45-49(60(55,56)57)50(48)52(54)59-47-42-40-38-36-34-32-30-28-26-24-22-20-18-16-14-12-10-8-6-4-2;/h2*25-28,43-45H,3-24,29-42,46-47H2,1-2H3,(H,55,56,57);/q;;+2/p-2/b2*27-25+,28-26+;. The van der Waals surface area contributed by atoms with Crippen molar-refractivity contribution in [3.05, 3.63) is 107 Å². The quantitative estimate of drug-likeness (QED) is 0.0150. The van der Waals surface area contributed by atoms with E-state index in [1.165, 1.54) is 345 Å². The smallest absolute Gasteiger partial charge is 0.744 e. The van der Waals surface area contributed by atoms with Gasteiger partial charge in [-0.25, -0.2) is 36.0 Å². The maximum atomic E-state index is 13.1. The average Bonchev–Trinajstić information content (AvgIpc) is 0.796. The van der Waals surface area contributed by atoms with Crippen molar-refractivity contribution in [2.24, 2.45) is 0 Å². The van der Waals surface area contributed by atoms with Crippen LogP contribution in [0.1, 0.15) is 531 Å². The molecule has 0 unspecified atom stereocenters. The van der Waals surface area contributed by atoms with Crippen LogP contribution in [0, 0.1) is 0 Å². The van der Waals surface area contributed by atoms with Gasteiger partial charge in [-0.1, -0.05) is 422 Å². The Morgan fingerprint density at radius 2 is 0.380 bits per heavy atom. The van der Waals surface area contributed by atoms with Crippen molar-refractivity contribution in [1.82, 2.24) is 0 Å². The molecule has 0 bridgehead atoms. The Labute approximate surface area is 773 Å². The van der Waals surface area contributed by atoms with Crippen LogP contribution in [0.3, 0.4) is 0 Å². The second-order valence-corrected chi connectivity index (χ2v) is 36.9. The van der Waals surface area contributed by atoms with E-state index in [0.717, 1.165) is 128 Å². The van der Waals surface area contributed by atoms with Crippen molar-refractivity contribution in [3.63, 3.8) is 0 Å². The van der Waals surface area contributed by atoms with E-state index in [1.54, 1.807) is 0 Å². The van der Waals surface area contributed by atoms with Gasteiger partial charge in [0.25, 0.3) is 0 Å². The Kier molecular flexibility index (Phi) is 85.7. The van der Waals surface area contributed by atoms with Crippen LogP contribution >= 0.6 is 0 Å². The number of benzene rings is 2. The van der Waals surface area contributed by atoms with Crippen molar-refractivity contribution in [1.29, 1.82) is 0 Å². The van der Waals surface area contributed by atoms with Gasteiger partial charge in [0.15, 0.2) is 0 Å². The van der Waals surface area contributed by atoms with E-state index in [-0.39, 0.29) is 75.3 Å². The second kappa shape index (κ2) is 88.4. The van der Waals surface area contributed by atoms with Crippen molar-refractivity contribution < 1.29 is 64.1 Å². The third-order valence-electron chi connectivity index (χ3n) is 23.0. The van der Waals surface area contributed by atoms with Crippen LogP contribution in [0.2, 0.25) is 0 Å². The molecule has 0 amide bonds. The summed E-state index contributed by atoms with van der Waals surface area (Å²) in [4.78, 5) is 50.6. The van der Waals surface area contributed by atoms with Crippen molar-refractivity contribution in [3.8, 4) is 0 Å². The number of ether oxygens (including phenoxy) is 4. The van der Waals surface area contributed by atoms with Crippen LogP contribution in [0.25, 0.3) is 0 Å². The zero-order valence-corrected chi connectivity index (χ0v) is 81.9. The molecule has 0 saturated heterocycles. The van der Waals surface area contributed by atoms with Gasteiger partial charge in [0.05, 0.1) is 58.5 Å². The Hall–Kier alpha value is -3.64. The summed E-state index contributed by atoms with van der Waals surface area (Å²) in [5.74, 6) is -3.64. The third-order valence-corrected chi connectivity index (χ3v) is 24.8. The molecule has 121 heavy (non-hydrogen) atoms. The zero-order chi connectivity index (χ0) is 87.2. The Bertz CT molecular complexity index is 2880. The minimum atomic E-state index is -5.02. The van der Waals surface area contributed by atoms with E-state index in [1.807, 2.05) is 0 Å². The molecule has 0 aliphatic heterocycles. The zero-order valence-electron chi connectivity index (χ0n) is 78.1. The second-order valence-electron chi connectivity index (χ2n) is 34.2. The van der Waals surface area contributed by atoms with Crippen LogP contribution < -0.4 is 0 Å². The van der Waals surface area contributed by atoms with Gasteiger partial charge >= 0.3 is 61.6 Å². The minimum Gasteiger partial charge on any atom is -0.744 e. The van der Waals surface area contributed by atoms with Crippen LogP contribution in [0.15, 0.2) is 94.8 Å². The molecule has 2 aromatic rings. The Morgan fingerprint density at radius 1 is 0.231 bits per heavy atom. The third kappa shape index (κ3) is 73.0. The van der Waals surface area contributed by atoms with E-state index in [2.05, 4.69) is 76.3 Å². The molecule has 0 aromatic heterocycles.